The molecule has 2 unspecified atom stereocenters. The Morgan fingerprint density at radius 1 is 1.40 bits per heavy atom. The van der Waals surface area contributed by atoms with Gasteiger partial charge >= 0.3 is 0 Å². The average molecular weight is 300 g/mol. The van der Waals surface area contributed by atoms with Crippen molar-refractivity contribution in [1.29, 1.82) is 0 Å². The van der Waals surface area contributed by atoms with Crippen molar-refractivity contribution in [3.8, 4) is 0 Å². The van der Waals surface area contributed by atoms with Crippen LogP contribution in [0.15, 0.2) is 24.3 Å². The molecule has 4 nitrogen and oxygen atoms in total. The maximum absolute atomic E-state index is 12.8. The summed E-state index contributed by atoms with van der Waals surface area (Å²) in [6, 6.07) is 5.59. The second-order valence-electron chi connectivity index (χ2n) is 5.50. The average Bonchev–Trinajstić information content (AvgIpc) is 2.41. The molecule has 0 bridgehead atoms. The highest BCUT2D eigenvalue weighted by Gasteiger charge is 2.30. The number of nitrogens with two attached hydrogens (primary N) is 1. The van der Waals surface area contributed by atoms with Crippen LogP contribution in [0.5, 0.6) is 0 Å². The van der Waals surface area contributed by atoms with Crippen molar-refractivity contribution >= 4 is 10.0 Å². The number of hydrogen-bond acceptors (Lipinski definition) is 3. The molecule has 1 aliphatic rings. The molecule has 0 amide bonds. The Hall–Kier alpha value is -0.980. The Balaban J connectivity index is 2.08. The first-order chi connectivity index (χ1) is 9.38. The van der Waals surface area contributed by atoms with E-state index in [0.717, 1.165) is 12.8 Å². The highest BCUT2D eigenvalue weighted by atomic mass is 32.2. The van der Waals surface area contributed by atoms with Crippen molar-refractivity contribution < 1.29 is 12.8 Å². The summed E-state index contributed by atoms with van der Waals surface area (Å²) in [6.07, 6.45) is 1.81. The van der Waals surface area contributed by atoms with E-state index in [4.69, 9.17) is 5.73 Å². The lowest BCUT2D eigenvalue weighted by molar-refractivity contribution is 0.243. The maximum atomic E-state index is 12.8. The zero-order valence-corrected chi connectivity index (χ0v) is 12.4. The third-order valence-electron chi connectivity index (χ3n) is 3.82. The smallest absolute Gasteiger partial charge is 0.218 e. The Morgan fingerprint density at radius 3 is 2.65 bits per heavy atom. The van der Waals surface area contributed by atoms with E-state index in [1.54, 1.807) is 0 Å². The second kappa shape index (κ2) is 6.20. The van der Waals surface area contributed by atoms with Crippen LogP contribution >= 0.6 is 0 Å². The van der Waals surface area contributed by atoms with E-state index in [-0.39, 0.29) is 23.5 Å². The quantitative estimate of drug-likeness (QED) is 0.921. The van der Waals surface area contributed by atoms with Gasteiger partial charge in [-0.15, -0.1) is 0 Å². The molecule has 2 rings (SSSR count). The minimum Gasteiger partial charge on any atom is -0.328 e. The van der Waals surface area contributed by atoms with Gasteiger partial charge in [0.15, 0.2) is 0 Å². The van der Waals surface area contributed by atoms with Gasteiger partial charge < -0.3 is 5.73 Å². The normalized spacial score (nSPS) is 22.6. The molecule has 1 fully saturated rings. The summed E-state index contributed by atoms with van der Waals surface area (Å²) in [5, 5.41) is 0. The number of hydrogen-bond donors (Lipinski definition) is 1. The van der Waals surface area contributed by atoms with Crippen LogP contribution in [0.4, 0.5) is 4.39 Å². The Morgan fingerprint density at radius 2 is 2.05 bits per heavy atom. The lowest BCUT2D eigenvalue weighted by Crippen LogP contribution is -2.45. The monoisotopic (exact) mass is 300 g/mol. The number of nitrogens with zero attached hydrogens (tertiary/aromatic N) is 1. The summed E-state index contributed by atoms with van der Waals surface area (Å²) < 4.78 is 39.2. The molecule has 1 aromatic rings. The SMILES string of the molecule is CC(N)C1CCCN(S(=O)(=O)Cc2ccc(F)cc2)C1. The Labute approximate surface area is 119 Å². The first-order valence-corrected chi connectivity index (χ1v) is 8.47. The van der Waals surface area contributed by atoms with Crippen LogP contribution in [0.3, 0.4) is 0 Å². The summed E-state index contributed by atoms with van der Waals surface area (Å²) in [5.74, 6) is -0.230. The summed E-state index contributed by atoms with van der Waals surface area (Å²) in [7, 11) is -3.36. The fraction of sp³-hybridized carbons (Fsp3) is 0.571. The maximum Gasteiger partial charge on any atom is 0.218 e. The van der Waals surface area contributed by atoms with Crippen LogP contribution in [0.25, 0.3) is 0 Å². The van der Waals surface area contributed by atoms with Gasteiger partial charge in [0.1, 0.15) is 5.82 Å². The molecule has 112 valence electrons. The van der Waals surface area contributed by atoms with Gasteiger partial charge in [0.05, 0.1) is 5.75 Å². The molecule has 0 aromatic heterocycles. The van der Waals surface area contributed by atoms with Crippen molar-refractivity contribution in [2.45, 2.75) is 31.6 Å². The number of halogens is 1. The molecule has 1 aromatic carbocycles. The number of piperidine rings is 1. The predicted molar refractivity (Wildman–Crippen MR) is 77.0 cm³/mol. The Kier molecular flexibility index (Phi) is 4.78. The van der Waals surface area contributed by atoms with Gasteiger partial charge in [0, 0.05) is 19.1 Å². The molecule has 0 aliphatic carbocycles. The van der Waals surface area contributed by atoms with Gasteiger partial charge in [0.2, 0.25) is 10.0 Å². The minimum absolute atomic E-state index is 0.00109. The van der Waals surface area contributed by atoms with Crippen molar-refractivity contribution in [2.75, 3.05) is 13.1 Å². The predicted octanol–water partition coefficient (Wildman–Crippen LogP) is 1.71. The first-order valence-electron chi connectivity index (χ1n) is 6.86. The van der Waals surface area contributed by atoms with Gasteiger partial charge in [-0.2, -0.15) is 0 Å². The molecular formula is C14H21FN2O2S. The van der Waals surface area contributed by atoms with E-state index >= 15 is 0 Å². The largest absolute Gasteiger partial charge is 0.328 e. The third-order valence-corrected chi connectivity index (χ3v) is 5.64. The molecule has 1 aliphatic heterocycles. The van der Waals surface area contributed by atoms with Gasteiger partial charge in [-0.3, -0.25) is 0 Å². The summed E-state index contributed by atoms with van der Waals surface area (Å²) >= 11 is 0. The van der Waals surface area contributed by atoms with Crippen molar-refractivity contribution in [3.63, 3.8) is 0 Å². The standard InChI is InChI=1S/C14H21FN2O2S/c1-11(16)13-3-2-8-17(9-13)20(18,19)10-12-4-6-14(15)7-5-12/h4-7,11,13H,2-3,8-10,16H2,1H3. The van der Waals surface area contributed by atoms with E-state index in [0.29, 0.717) is 18.7 Å². The number of rotatable bonds is 4. The first kappa shape index (κ1) is 15.4. The molecular weight excluding hydrogens is 279 g/mol. The van der Waals surface area contributed by atoms with E-state index < -0.39 is 10.0 Å². The highest BCUT2D eigenvalue weighted by Crippen LogP contribution is 2.23. The lowest BCUT2D eigenvalue weighted by atomic mass is 9.93. The van der Waals surface area contributed by atoms with Crippen LogP contribution in [-0.4, -0.2) is 31.9 Å². The highest BCUT2D eigenvalue weighted by molar-refractivity contribution is 7.88. The molecule has 20 heavy (non-hydrogen) atoms. The summed E-state index contributed by atoms with van der Waals surface area (Å²) in [5.41, 5.74) is 6.48. The lowest BCUT2D eigenvalue weighted by Gasteiger charge is -2.33. The molecule has 6 heteroatoms. The number of benzene rings is 1. The van der Waals surface area contributed by atoms with Gasteiger partial charge in [-0.1, -0.05) is 12.1 Å². The molecule has 0 radical (unpaired) electrons. The van der Waals surface area contributed by atoms with Crippen molar-refractivity contribution in [2.24, 2.45) is 11.7 Å². The van der Waals surface area contributed by atoms with Crippen LogP contribution < -0.4 is 5.73 Å². The van der Waals surface area contributed by atoms with Crippen LogP contribution in [0, 0.1) is 11.7 Å². The van der Waals surface area contributed by atoms with Gasteiger partial charge in [-0.25, -0.2) is 17.1 Å². The van der Waals surface area contributed by atoms with Crippen LogP contribution in [-0.2, 0) is 15.8 Å². The zero-order chi connectivity index (χ0) is 14.8. The van der Waals surface area contributed by atoms with Crippen LogP contribution in [0.1, 0.15) is 25.3 Å². The molecule has 2 N–H and O–H groups in total. The van der Waals surface area contributed by atoms with Gasteiger partial charge in [-0.05, 0) is 43.4 Å². The molecule has 1 saturated heterocycles. The topological polar surface area (TPSA) is 63.4 Å². The van der Waals surface area contributed by atoms with E-state index in [2.05, 4.69) is 0 Å². The summed E-state index contributed by atoms with van der Waals surface area (Å²) in [4.78, 5) is 0. The minimum atomic E-state index is -3.36. The fourth-order valence-corrected chi connectivity index (χ4v) is 4.16. The molecule has 1 heterocycles. The van der Waals surface area contributed by atoms with Crippen molar-refractivity contribution in [3.05, 3.63) is 35.6 Å². The molecule has 0 saturated carbocycles. The Bertz CT molecular complexity index is 543. The van der Waals surface area contributed by atoms with E-state index in [9.17, 15) is 12.8 Å². The molecule has 0 spiro atoms. The zero-order valence-electron chi connectivity index (χ0n) is 11.6. The number of sulfonamides is 1. The van der Waals surface area contributed by atoms with E-state index in [1.165, 1.54) is 28.6 Å². The van der Waals surface area contributed by atoms with Crippen molar-refractivity contribution in [1.82, 2.24) is 4.31 Å². The second-order valence-corrected chi connectivity index (χ2v) is 7.47. The third kappa shape index (κ3) is 3.77. The van der Waals surface area contributed by atoms with E-state index in [1.807, 2.05) is 6.92 Å². The molecule has 2 atom stereocenters. The fourth-order valence-electron chi connectivity index (χ4n) is 2.54. The van der Waals surface area contributed by atoms with Gasteiger partial charge in [0.25, 0.3) is 0 Å². The summed E-state index contributed by atoms with van der Waals surface area (Å²) in [6.45, 7) is 2.95. The van der Waals surface area contributed by atoms with Crippen LogP contribution in [0.2, 0.25) is 0 Å².